The van der Waals surface area contributed by atoms with Crippen molar-refractivity contribution in [2.45, 2.75) is 13.5 Å². The van der Waals surface area contributed by atoms with Crippen molar-refractivity contribution in [3.63, 3.8) is 0 Å². The molecule has 0 fully saturated rings. The number of para-hydroxylation sites is 1. The summed E-state index contributed by atoms with van der Waals surface area (Å²) in [5.74, 6) is 0.962. The van der Waals surface area contributed by atoms with Crippen LogP contribution in [0, 0.1) is 0 Å². The fourth-order valence-electron chi connectivity index (χ4n) is 1.72. The second-order valence-electron chi connectivity index (χ2n) is 4.06. The van der Waals surface area contributed by atoms with Crippen molar-refractivity contribution >= 4 is 21.7 Å². The van der Waals surface area contributed by atoms with Gasteiger partial charge in [0.25, 0.3) is 0 Å². The Hall–Kier alpha value is -1.65. The number of hydrogen-bond acceptors (Lipinski definition) is 3. The third kappa shape index (κ3) is 3.22. The maximum atomic E-state index is 11.6. The summed E-state index contributed by atoms with van der Waals surface area (Å²) >= 11 is 3.33. The molecular weight excluding hydrogens is 308 g/mol. The molecule has 0 aliphatic rings. The smallest absolute Gasteiger partial charge is 0.163 e. The van der Waals surface area contributed by atoms with E-state index in [4.69, 9.17) is 4.74 Å². The fraction of sp³-hybridized carbons (Fsp3) is 0.133. The number of rotatable bonds is 4. The molecule has 0 spiro atoms. The standard InChI is InChI=1S/C15H13BrO3/c1-10(18)13-8-12(16)6-7-15(13)19-14-5-3-2-4-11(14)9-17/h2-8,17H,9H2,1H3. The molecule has 0 saturated carbocycles. The monoisotopic (exact) mass is 320 g/mol. The first-order chi connectivity index (χ1) is 9.11. The molecule has 1 N–H and O–H groups in total. The normalized spacial score (nSPS) is 10.3. The fourth-order valence-corrected chi connectivity index (χ4v) is 2.08. The molecule has 4 heteroatoms. The van der Waals surface area contributed by atoms with Crippen LogP contribution in [0.2, 0.25) is 0 Å². The summed E-state index contributed by atoms with van der Waals surface area (Å²) in [5, 5.41) is 9.26. The summed E-state index contributed by atoms with van der Waals surface area (Å²) in [7, 11) is 0. The number of Topliss-reactive ketones (excluding diaryl/α,β-unsaturated/α-hetero) is 1. The van der Waals surface area contributed by atoms with Gasteiger partial charge in [-0.25, -0.2) is 0 Å². The summed E-state index contributed by atoms with van der Waals surface area (Å²) in [6.07, 6.45) is 0. The molecule has 0 aliphatic heterocycles. The van der Waals surface area contributed by atoms with Crippen LogP contribution in [0.5, 0.6) is 11.5 Å². The van der Waals surface area contributed by atoms with Crippen LogP contribution in [0.4, 0.5) is 0 Å². The summed E-state index contributed by atoms with van der Waals surface area (Å²) in [4.78, 5) is 11.6. The van der Waals surface area contributed by atoms with Crippen LogP contribution in [0.1, 0.15) is 22.8 Å². The van der Waals surface area contributed by atoms with E-state index in [1.54, 1.807) is 24.3 Å². The lowest BCUT2D eigenvalue weighted by Crippen LogP contribution is -1.98. The van der Waals surface area contributed by atoms with Gasteiger partial charge in [0.05, 0.1) is 12.2 Å². The molecule has 2 aromatic rings. The van der Waals surface area contributed by atoms with Crippen molar-refractivity contribution < 1.29 is 14.6 Å². The van der Waals surface area contributed by atoms with E-state index >= 15 is 0 Å². The van der Waals surface area contributed by atoms with Crippen LogP contribution in [0.3, 0.4) is 0 Å². The van der Waals surface area contributed by atoms with Crippen molar-refractivity contribution in [2.75, 3.05) is 0 Å². The molecule has 0 aliphatic carbocycles. The highest BCUT2D eigenvalue weighted by atomic mass is 79.9. The van der Waals surface area contributed by atoms with Crippen LogP contribution in [-0.2, 0) is 6.61 Å². The van der Waals surface area contributed by atoms with Gasteiger partial charge >= 0.3 is 0 Å². The van der Waals surface area contributed by atoms with Crippen LogP contribution < -0.4 is 4.74 Å². The minimum absolute atomic E-state index is 0.0715. The Kier molecular flexibility index (Phi) is 4.35. The largest absolute Gasteiger partial charge is 0.456 e. The van der Waals surface area contributed by atoms with Crippen molar-refractivity contribution in [1.29, 1.82) is 0 Å². The van der Waals surface area contributed by atoms with E-state index in [2.05, 4.69) is 15.9 Å². The lowest BCUT2D eigenvalue weighted by molar-refractivity contribution is 0.101. The zero-order valence-corrected chi connectivity index (χ0v) is 12.0. The second-order valence-corrected chi connectivity index (χ2v) is 4.98. The highest BCUT2D eigenvalue weighted by molar-refractivity contribution is 9.10. The first-order valence-corrected chi connectivity index (χ1v) is 6.58. The lowest BCUT2D eigenvalue weighted by atomic mass is 10.1. The van der Waals surface area contributed by atoms with E-state index in [-0.39, 0.29) is 12.4 Å². The van der Waals surface area contributed by atoms with Crippen molar-refractivity contribution in [1.82, 2.24) is 0 Å². The molecule has 19 heavy (non-hydrogen) atoms. The molecule has 3 nitrogen and oxygen atoms in total. The molecule has 0 aromatic heterocycles. The van der Waals surface area contributed by atoms with Crippen molar-refractivity contribution in [3.8, 4) is 11.5 Å². The van der Waals surface area contributed by atoms with Gasteiger partial charge in [-0.15, -0.1) is 0 Å². The summed E-state index contributed by atoms with van der Waals surface area (Å²) < 4.78 is 6.57. The first-order valence-electron chi connectivity index (χ1n) is 5.79. The highest BCUT2D eigenvalue weighted by Crippen LogP contribution is 2.30. The third-order valence-electron chi connectivity index (χ3n) is 2.68. The second kappa shape index (κ2) is 5.99. The zero-order valence-electron chi connectivity index (χ0n) is 10.4. The Balaban J connectivity index is 2.41. The molecule has 0 amide bonds. The molecule has 98 valence electrons. The number of benzene rings is 2. The molecule has 0 bridgehead atoms. The predicted octanol–water partition coefficient (Wildman–Crippen LogP) is 3.94. The van der Waals surface area contributed by atoms with Gasteiger partial charge in [0.1, 0.15) is 11.5 Å². The maximum Gasteiger partial charge on any atom is 0.163 e. The SMILES string of the molecule is CC(=O)c1cc(Br)ccc1Oc1ccccc1CO. The average Bonchev–Trinajstić information content (AvgIpc) is 2.41. The summed E-state index contributed by atoms with van der Waals surface area (Å²) in [6, 6.07) is 12.4. The number of ether oxygens (including phenoxy) is 1. The molecule has 0 heterocycles. The minimum Gasteiger partial charge on any atom is -0.456 e. The number of aliphatic hydroxyl groups is 1. The molecule has 0 saturated heterocycles. The van der Waals surface area contributed by atoms with Crippen molar-refractivity contribution in [3.05, 3.63) is 58.1 Å². The third-order valence-corrected chi connectivity index (χ3v) is 3.18. The van der Waals surface area contributed by atoms with Gasteiger partial charge in [0, 0.05) is 10.0 Å². The number of ketones is 1. The van der Waals surface area contributed by atoms with Gasteiger partial charge in [-0.05, 0) is 31.2 Å². The Bertz CT molecular complexity index is 608. The van der Waals surface area contributed by atoms with Crippen LogP contribution in [0.15, 0.2) is 46.9 Å². The minimum atomic E-state index is -0.109. The molecule has 2 rings (SSSR count). The number of carbonyl (C=O) groups is 1. The number of aliphatic hydroxyl groups excluding tert-OH is 1. The number of halogens is 1. The lowest BCUT2D eigenvalue weighted by Gasteiger charge is -2.12. The van der Waals surface area contributed by atoms with Crippen LogP contribution in [0.25, 0.3) is 0 Å². The topological polar surface area (TPSA) is 46.5 Å². The molecular formula is C15H13BrO3. The number of hydrogen-bond donors (Lipinski definition) is 1. The zero-order chi connectivity index (χ0) is 13.8. The average molecular weight is 321 g/mol. The Morgan fingerprint density at radius 2 is 1.95 bits per heavy atom. The predicted molar refractivity (Wildman–Crippen MR) is 76.6 cm³/mol. The van der Waals surface area contributed by atoms with Gasteiger partial charge in [-0.2, -0.15) is 0 Å². The highest BCUT2D eigenvalue weighted by Gasteiger charge is 2.11. The van der Waals surface area contributed by atoms with E-state index in [0.717, 1.165) is 4.47 Å². The Morgan fingerprint density at radius 3 is 2.63 bits per heavy atom. The van der Waals surface area contributed by atoms with E-state index in [1.807, 2.05) is 18.2 Å². The van der Waals surface area contributed by atoms with E-state index < -0.39 is 0 Å². The Labute approximate surface area is 120 Å². The van der Waals surface area contributed by atoms with Crippen molar-refractivity contribution in [2.24, 2.45) is 0 Å². The van der Waals surface area contributed by atoms with Gasteiger partial charge in [-0.1, -0.05) is 34.1 Å². The molecule has 0 unspecified atom stereocenters. The quantitative estimate of drug-likeness (QED) is 0.868. The van der Waals surface area contributed by atoms with E-state index in [1.165, 1.54) is 6.92 Å². The van der Waals surface area contributed by atoms with Gasteiger partial charge in [-0.3, -0.25) is 4.79 Å². The van der Waals surface area contributed by atoms with Gasteiger partial charge < -0.3 is 9.84 Å². The molecule has 0 atom stereocenters. The van der Waals surface area contributed by atoms with E-state index in [9.17, 15) is 9.90 Å². The van der Waals surface area contributed by atoms with Gasteiger partial charge in [0.15, 0.2) is 5.78 Å². The van der Waals surface area contributed by atoms with Crippen LogP contribution in [-0.4, -0.2) is 10.9 Å². The summed E-state index contributed by atoms with van der Waals surface area (Å²) in [5.41, 5.74) is 1.18. The summed E-state index contributed by atoms with van der Waals surface area (Å²) in [6.45, 7) is 1.38. The first kappa shape index (κ1) is 13.8. The van der Waals surface area contributed by atoms with Gasteiger partial charge in [0.2, 0.25) is 0 Å². The molecule has 2 aromatic carbocycles. The maximum absolute atomic E-state index is 11.6. The number of carbonyl (C=O) groups excluding carboxylic acids is 1. The van der Waals surface area contributed by atoms with Crippen LogP contribution >= 0.6 is 15.9 Å². The molecule has 0 radical (unpaired) electrons. The Morgan fingerprint density at radius 1 is 1.21 bits per heavy atom. The van der Waals surface area contributed by atoms with E-state index in [0.29, 0.717) is 22.6 Å².